The molecule has 5 heteroatoms. The zero-order valence-corrected chi connectivity index (χ0v) is 10.3. The van der Waals surface area contributed by atoms with Gasteiger partial charge >= 0.3 is 5.97 Å². The van der Waals surface area contributed by atoms with Crippen LogP contribution in [-0.2, 0) is 16.1 Å². The number of aromatic nitrogens is 2. The van der Waals surface area contributed by atoms with E-state index >= 15 is 0 Å². The molecule has 0 amide bonds. The molecule has 5 nitrogen and oxygen atoms in total. The Morgan fingerprint density at radius 1 is 1.39 bits per heavy atom. The second kappa shape index (κ2) is 5.00. The zero-order chi connectivity index (χ0) is 13.1. The molecular formula is C13H14N2O3. The third kappa shape index (κ3) is 2.56. The van der Waals surface area contributed by atoms with Crippen LogP contribution in [0.5, 0.6) is 0 Å². The third-order valence-electron chi connectivity index (χ3n) is 2.41. The second-order valence-corrected chi connectivity index (χ2v) is 4.22. The lowest BCUT2D eigenvalue weighted by atomic mass is 10.2. The van der Waals surface area contributed by atoms with E-state index in [-0.39, 0.29) is 24.0 Å². The molecule has 0 unspecified atom stereocenters. The van der Waals surface area contributed by atoms with Gasteiger partial charge in [0.2, 0.25) is 5.43 Å². The van der Waals surface area contributed by atoms with Gasteiger partial charge in [-0.15, -0.1) is 0 Å². The van der Waals surface area contributed by atoms with Gasteiger partial charge in [-0.1, -0.05) is 12.1 Å². The topological polar surface area (TPSA) is 61.2 Å². The van der Waals surface area contributed by atoms with E-state index in [0.29, 0.717) is 10.9 Å². The molecule has 0 aliphatic rings. The average Bonchev–Trinajstić information content (AvgIpc) is 2.32. The molecule has 0 radical (unpaired) electrons. The van der Waals surface area contributed by atoms with Crippen LogP contribution in [0.15, 0.2) is 35.3 Å². The van der Waals surface area contributed by atoms with E-state index < -0.39 is 0 Å². The summed E-state index contributed by atoms with van der Waals surface area (Å²) in [5.41, 5.74) is 0.477. The van der Waals surface area contributed by atoms with Crippen molar-refractivity contribution in [1.82, 2.24) is 9.78 Å². The first-order valence-corrected chi connectivity index (χ1v) is 5.72. The average molecular weight is 246 g/mol. The first-order chi connectivity index (χ1) is 8.58. The molecule has 0 aliphatic heterocycles. The van der Waals surface area contributed by atoms with Crippen LogP contribution in [-0.4, -0.2) is 21.9 Å². The minimum Gasteiger partial charge on any atom is -0.462 e. The highest BCUT2D eigenvalue weighted by molar-refractivity contribution is 5.79. The highest BCUT2D eigenvalue weighted by Gasteiger charge is 2.09. The van der Waals surface area contributed by atoms with Crippen LogP contribution in [0.2, 0.25) is 0 Å². The molecule has 0 spiro atoms. The molecule has 0 aliphatic carbocycles. The molecule has 0 saturated carbocycles. The number of hydrogen-bond acceptors (Lipinski definition) is 4. The Labute approximate surface area is 104 Å². The van der Waals surface area contributed by atoms with Gasteiger partial charge in [0.25, 0.3) is 0 Å². The first kappa shape index (κ1) is 12.3. The van der Waals surface area contributed by atoms with Gasteiger partial charge < -0.3 is 4.74 Å². The molecule has 0 atom stereocenters. The summed E-state index contributed by atoms with van der Waals surface area (Å²) in [6.45, 7) is 3.57. The molecule has 0 bridgehead atoms. The summed E-state index contributed by atoms with van der Waals surface area (Å²) in [6, 6.07) is 7.05. The van der Waals surface area contributed by atoms with E-state index in [4.69, 9.17) is 4.74 Å². The Kier molecular flexibility index (Phi) is 3.41. The van der Waals surface area contributed by atoms with E-state index in [1.165, 1.54) is 10.9 Å². The minimum absolute atomic E-state index is 0.00102. The fourth-order valence-corrected chi connectivity index (χ4v) is 1.71. The Balaban J connectivity index is 2.37. The zero-order valence-electron chi connectivity index (χ0n) is 10.3. The summed E-state index contributed by atoms with van der Waals surface area (Å²) < 4.78 is 6.53. The molecule has 2 rings (SSSR count). The number of rotatable bonds is 3. The van der Waals surface area contributed by atoms with Crippen LogP contribution in [0.1, 0.15) is 13.8 Å². The third-order valence-corrected chi connectivity index (χ3v) is 2.41. The van der Waals surface area contributed by atoms with E-state index in [1.54, 1.807) is 38.1 Å². The number of carbonyl (C=O) groups excluding carboxylic acids is 1. The summed E-state index contributed by atoms with van der Waals surface area (Å²) in [5, 5.41) is 4.50. The molecule has 1 aromatic heterocycles. The lowest BCUT2D eigenvalue weighted by molar-refractivity contribution is -0.148. The number of ether oxygens (including phenoxy) is 1. The highest BCUT2D eigenvalue weighted by Crippen LogP contribution is 2.08. The summed E-state index contributed by atoms with van der Waals surface area (Å²) in [6.07, 6.45) is 1.05. The number of carbonyl (C=O) groups is 1. The normalized spacial score (nSPS) is 10.8. The van der Waals surface area contributed by atoms with Gasteiger partial charge in [-0.25, -0.2) is 0 Å². The molecule has 0 fully saturated rings. The maximum absolute atomic E-state index is 11.6. The predicted molar refractivity (Wildman–Crippen MR) is 67.2 cm³/mol. The molecule has 18 heavy (non-hydrogen) atoms. The quantitative estimate of drug-likeness (QED) is 0.767. The molecule has 1 heterocycles. The van der Waals surface area contributed by atoms with Crippen LogP contribution in [0, 0.1) is 0 Å². The summed E-state index contributed by atoms with van der Waals surface area (Å²) in [7, 11) is 0. The Morgan fingerprint density at radius 2 is 2.11 bits per heavy atom. The summed E-state index contributed by atoms with van der Waals surface area (Å²) in [4.78, 5) is 23.2. The smallest absolute Gasteiger partial charge is 0.328 e. The van der Waals surface area contributed by atoms with E-state index in [1.807, 2.05) is 0 Å². The first-order valence-electron chi connectivity index (χ1n) is 5.72. The van der Waals surface area contributed by atoms with E-state index in [0.717, 1.165) is 0 Å². The van der Waals surface area contributed by atoms with E-state index in [2.05, 4.69) is 5.10 Å². The largest absolute Gasteiger partial charge is 0.462 e. The maximum Gasteiger partial charge on any atom is 0.328 e. The van der Waals surface area contributed by atoms with Crippen LogP contribution < -0.4 is 5.43 Å². The van der Waals surface area contributed by atoms with Gasteiger partial charge in [0.15, 0.2) is 0 Å². The molecule has 94 valence electrons. The highest BCUT2D eigenvalue weighted by atomic mass is 16.5. The van der Waals surface area contributed by atoms with Crippen molar-refractivity contribution in [3.63, 3.8) is 0 Å². The lowest BCUT2D eigenvalue weighted by Gasteiger charge is -2.10. The van der Waals surface area contributed by atoms with Crippen molar-refractivity contribution in [2.75, 3.05) is 0 Å². The van der Waals surface area contributed by atoms with Crippen molar-refractivity contribution in [2.24, 2.45) is 0 Å². The van der Waals surface area contributed by atoms with Crippen LogP contribution in [0.4, 0.5) is 0 Å². The van der Waals surface area contributed by atoms with Gasteiger partial charge in [0, 0.05) is 5.39 Å². The summed E-state index contributed by atoms with van der Waals surface area (Å²) in [5.74, 6) is -0.369. The molecule has 2 aromatic rings. The number of benzene rings is 1. The van der Waals surface area contributed by atoms with Crippen molar-refractivity contribution in [1.29, 1.82) is 0 Å². The standard InChI is InChI=1S/C13H14N2O3/c1-9(2)18-13(17)8-15-11-6-4-3-5-10(11)12(16)7-14-15/h3-7,9H,8H2,1-2H3. The number of fused-ring (bicyclic) bond motifs is 1. The van der Waals surface area contributed by atoms with Crippen molar-refractivity contribution in [2.45, 2.75) is 26.5 Å². The van der Waals surface area contributed by atoms with Gasteiger partial charge in [-0.3, -0.25) is 14.3 Å². The number of para-hydroxylation sites is 1. The number of hydrogen-bond donors (Lipinski definition) is 0. The molecular weight excluding hydrogens is 232 g/mol. The summed E-state index contributed by atoms with van der Waals surface area (Å²) >= 11 is 0. The van der Waals surface area contributed by atoms with Gasteiger partial charge in [-0.05, 0) is 26.0 Å². The van der Waals surface area contributed by atoms with Crippen molar-refractivity contribution in [3.05, 3.63) is 40.7 Å². The monoisotopic (exact) mass is 246 g/mol. The molecule has 0 N–H and O–H groups in total. The molecule has 0 saturated heterocycles. The van der Waals surface area contributed by atoms with Crippen LogP contribution in [0.25, 0.3) is 10.9 Å². The van der Waals surface area contributed by atoms with Gasteiger partial charge in [0.1, 0.15) is 6.54 Å². The van der Waals surface area contributed by atoms with Crippen LogP contribution in [0.3, 0.4) is 0 Å². The Hall–Kier alpha value is -2.17. The van der Waals surface area contributed by atoms with Gasteiger partial charge in [-0.2, -0.15) is 5.10 Å². The fraction of sp³-hybridized carbons (Fsp3) is 0.308. The molecule has 1 aromatic carbocycles. The van der Waals surface area contributed by atoms with Crippen molar-refractivity contribution in [3.8, 4) is 0 Å². The SMILES string of the molecule is CC(C)OC(=O)Cn1ncc(=O)c2ccccc21. The fourth-order valence-electron chi connectivity index (χ4n) is 1.71. The van der Waals surface area contributed by atoms with E-state index in [9.17, 15) is 9.59 Å². The number of esters is 1. The Morgan fingerprint density at radius 3 is 2.83 bits per heavy atom. The van der Waals surface area contributed by atoms with Crippen molar-refractivity contribution < 1.29 is 9.53 Å². The minimum atomic E-state index is -0.369. The second-order valence-electron chi connectivity index (χ2n) is 4.22. The Bertz CT molecular complexity index is 631. The van der Waals surface area contributed by atoms with Crippen LogP contribution >= 0.6 is 0 Å². The number of nitrogens with zero attached hydrogens (tertiary/aromatic N) is 2. The lowest BCUT2D eigenvalue weighted by Crippen LogP contribution is -2.21. The maximum atomic E-state index is 11.6. The van der Waals surface area contributed by atoms with Gasteiger partial charge in [0.05, 0.1) is 17.8 Å². The predicted octanol–water partition coefficient (Wildman–Crippen LogP) is 1.35. The van der Waals surface area contributed by atoms with Crippen molar-refractivity contribution >= 4 is 16.9 Å².